The average Bonchev–Trinajstić information content (AvgIpc) is 3.48. The number of guanidine groups is 1. The first-order chi connectivity index (χ1) is 14.8. The van der Waals surface area contributed by atoms with Crippen molar-refractivity contribution in [3.8, 4) is 11.5 Å². The summed E-state index contributed by atoms with van der Waals surface area (Å²) >= 11 is 0. The third-order valence-electron chi connectivity index (χ3n) is 6.13. The second-order valence-electron chi connectivity index (χ2n) is 8.45. The van der Waals surface area contributed by atoms with Gasteiger partial charge in [-0.2, -0.15) is 0 Å². The van der Waals surface area contributed by atoms with Crippen molar-refractivity contribution in [1.29, 1.82) is 0 Å². The zero-order valence-electron chi connectivity index (χ0n) is 18.5. The summed E-state index contributed by atoms with van der Waals surface area (Å²) in [5.41, 5.74) is 1.21. The van der Waals surface area contributed by atoms with Gasteiger partial charge in [0.15, 0.2) is 17.5 Å². The predicted octanol–water partition coefficient (Wildman–Crippen LogP) is 3.45. The Morgan fingerprint density at radius 1 is 1.16 bits per heavy atom. The van der Waals surface area contributed by atoms with E-state index in [0.29, 0.717) is 13.3 Å². The number of ether oxygens (including phenoxy) is 4. The minimum absolute atomic E-state index is 0. The minimum Gasteiger partial charge on any atom is -0.454 e. The molecule has 2 N–H and O–H groups in total. The van der Waals surface area contributed by atoms with Crippen molar-refractivity contribution in [3.05, 3.63) is 23.8 Å². The number of fused-ring (bicyclic) bond motifs is 1. The van der Waals surface area contributed by atoms with E-state index in [1.165, 1.54) is 18.4 Å². The SMILES string of the molecule is CCNC(=NCC1(c2ccc3c(c2)OCO3)CCOCC1)NCCCOCC1CC1.I. The van der Waals surface area contributed by atoms with Crippen LogP contribution in [-0.4, -0.2) is 58.8 Å². The third kappa shape index (κ3) is 6.86. The van der Waals surface area contributed by atoms with Crippen LogP contribution in [0.3, 0.4) is 0 Å². The van der Waals surface area contributed by atoms with Gasteiger partial charge in [-0.25, -0.2) is 0 Å². The van der Waals surface area contributed by atoms with Gasteiger partial charge in [0.05, 0.1) is 6.54 Å². The molecule has 1 saturated heterocycles. The van der Waals surface area contributed by atoms with E-state index in [-0.39, 0.29) is 29.4 Å². The molecule has 2 aliphatic heterocycles. The smallest absolute Gasteiger partial charge is 0.231 e. The van der Waals surface area contributed by atoms with Crippen LogP contribution in [0.2, 0.25) is 0 Å². The molecule has 0 spiro atoms. The first-order valence-corrected chi connectivity index (χ1v) is 11.4. The summed E-state index contributed by atoms with van der Waals surface area (Å²) in [6.45, 7) is 8.04. The van der Waals surface area contributed by atoms with Crippen LogP contribution >= 0.6 is 24.0 Å². The maximum atomic E-state index is 5.73. The summed E-state index contributed by atoms with van der Waals surface area (Å²) in [6.07, 6.45) is 5.56. The van der Waals surface area contributed by atoms with Crippen molar-refractivity contribution in [2.75, 3.05) is 52.9 Å². The van der Waals surface area contributed by atoms with E-state index in [0.717, 1.165) is 82.2 Å². The summed E-state index contributed by atoms with van der Waals surface area (Å²) in [7, 11) is 0. The molecule has 0 amide bonds. The molecule has 1 aromatic rings. The van der Waals surface area contributed by atoms with Gasteiger partial charge in [-0.15, -0.1) is 24.0 Å². The lowest BCUT2D eigenvalue weighted by Gasteiger charge is -2.36. The van der Waals surface area contributed by atoms with E-state index in [9.17, 15) is 0 Å². The number of benzene rings is 1. The number of hydrogen-bond acceptors (Lipinski definition) is 5. The molecule has 0 bridgehead atoms. The molecule has 1 saturated carbocycles. The number of nitrogens with one attached hydrogen (secondary N) is 2. The molecule has 7 nitrogen and oxygen atoms in total. The fourth-order valence-electron chi connectivity index (χ4n) is 4.01. The van der Waals surface area contributed by atoms with Gasteiger partial charge in [-0.1, -0.05) is 6.07 Å². The van der Waals surface area contributed by atoms with Gasteiger partial charge < -0.3 is 29.6 Å². The lowest BCUT2D eigenvalue weighted by Crippen LogP contribution is -2.41. The van der Waals surface area contributed by atoms with E-state index in [1.807, 2.05) is 6.07 Å². The van der Waals surface area contributed by atoms with E-state index >= 15 is 0 Å². The second-order valence-corrected chi connectivity index (χ2v) is 8.45. The number of nitrogens with zero attached hydrogens (tertiary/aromatic N) is 1. The molecule has 8 heteroatoms. The van der Waals surface area contributed by atoms with E-state index in [1.54, 1.807) is 0 Å². The van der Waals surface area contributed by atoms with E-state index in [2.05, 4.69) is 29.7 Å². The number of aliphatic imine (C=N–C) groups is 1. The molecular weight excluding hydrogens is 509 g/mol. The highest BCUT2D eigenvalue weighted by Gasteiger charge is 2.35. The Balaban J connectivity index is 0.00000272. The maximum Gasteiger partial charge on any atom is 0.231 e. The van der Waals surface area contributed by atoms with Crippen LogP contribution < -0.4 is 20.1 Å². The largest absolute Gasteiger partial charge is 0.454 e. The summed E-state index contributed by atoms with van der Waals surface area (Å²) in [5.74, 6) is 3.34. The highest BCUT2D eigenvalue weighted by atomic mass is 127. The number of hydrogen-bond donors (Lipinski definition) is 2. The topological polar surface area (TPSA) is 73.3 Å². The first-order valence-electron chi connectivity index (χ1n) is 11.4. The molecule has 0 aromatic heterocycles. The first kappa shape index (κ1) is 24.4. The minimum atomic E-state index is -0.0467. The monoisotopic (exact) mass is 545 g/mol. The maximum absolute atomic E-state index is 5.73. The lowest BCUT2D eigenvalue weighted by molar-refractivity contribution is 0.0530. The van der Waals surface area contributed by atoms with Gasteiger partial charge in [-0.05, 0) is 62.6 Å². The summed E-state index contributed by atoms with van der Waals surface area (Å²) in [5, 5.41) is 6.83. The normalized spacial score (nSPS) is 19.6. The van der Waals surface area contributed by atoms with Crippen molar-refractivity contribution in [2.45, 2.75) is 44.4 Å². The van der Waals surface area contributed by atoms with Gasteiger partial charge in [0.1, 0.15) is 0 Å². The van der Waals surface area contributed by atoms with Crippen LogP contribution in [0.25, 0.3) is 0 Å². The summed E-state index contributed by atoms with van der Waals surface area (Å²) in [6, 6.07) is 6.30. The van der Waals surface area contributed by atoms with E-state index < -0.39 is 0 Å². The molecule has 174 valence electrons. The molecule has 0 radical (unpaired) electrons. The average molecular weight is 545 g/mol. The molecule has 3 aliphatic rings. The number of rotatable bonds is 10. The quantitative estimate of drug-likeness (QED) is 0.203. The van der Waals surface area contributed by atoms with Gasteiger partial charge >= 0.3 is 0 Å². The molecule has 0 atom stereocenters. The number of halogens is 1. The molecule has 1 aromatic carbocycles. The van der Waals surface area contributed by atoms with Crippen LogP contribution in [0.15, 0.2) is 23.2 Å². The zero-order valence-corrected chi connectivity index (χ0v) is 20.8. The summed E-state index contributed by atoms with van der Waals surface area (Å²) in [4.78, 5) is 4.96. The van der Waals surface area contributed by atoms with Crippen molar-refractivity contribution in [1.82, 2.24) is 10.6 Å². The van der Waals surface area contributed by atoms with Gasteiger partial charge in [0.25, 0.3) is 0 Å². The fourth-order valence-corrected chi connectivity index (χ4v) is 4.01. The Morgan fingerprint density at radius 3 is 2.74 bits per heavy atom. The van der Waals surface area contributed by atoms with Crippen LogP contribution in [0.5, 0.6) is 11.5 Å². The molecule has 31 heavy (non-hydrogen) atoms. The molecule has 4 rings (SSSR count). The fraction of sp³-hybridized carbons (Fsp3) is 0.696. The van der Waals surface area contributed by atoms with Gasteiger partial charge in [0.2, 0.25) is 6.79 Å². The molecule has 2 fully saturated rings. The Labute approximate surface area is 202 Å². The van der Waals surface area contributed by atoms with E-state index in [4.69, 9.17) is 23.9 Å². The molecule has 0 unspecified atom stereocenters. The Bertz CT molecular complexity index is 721. The van der Waals surface area contributed by atoms with Crippen molar-refractivity contribution in [2.24, 2.45) is 10.9 Å². The third-order valence-corrected chi connectivity index (χ3v) is 6.13. The molecule has 1 aliphatic carbocycles. The Morgan fingerprint density at radius 2 is 1.97 bits per heavy atom. The van der Waals surface area contributed by atoms with Crippen LogP contribution in [0.4, 0.5) is 0 Å². The second kappa shape index (κ2) is 12.1. The van der Waals surface area contributed by atoms with Gasteiger partial charge in [-0.3, -0.25) is 4.99 Å². The highest BCUT2D eigenvalue weighted by molar-refractivity contribution is 14.0. The highest BCUT2D eigenvalue weighted by Crippen LogP contribution is 2.41. The Kier molecular flexibility index (Phi) is 9.52. The van der Waals surface area contributed by atoms with Crippen molar-refractivity contribution < 1.29 is 18.9 Å². The molecule has 2 heterocycles. The molecular formula is C23H36IN3O4. The van der Waals surface area contributed by atoms with Crippen molar-refractivity contribution in [3.63, 3.8) is 0 Å². The summed E-state index contributed by atoms with van der Waals surface area (Å²) < 4.78 is 22.5. The standard InChI is InChI=1S/C23H35N3O4.HI/c1-2-24-22(25-10-3-11-28-15-18-4-5-18)26-16-23(8-12-27-13-9-23)19-6-7-20-21(14-19)30-17-29-20;/h6-7,14,18H,2-5,8-13,15-17H2,1H3,(H2,24,25,26);1H. The van der Waals surface area contributed by atoms with Crippen molar-refractivity contribution >= 4 is 29.9 Å². The zero-order chi connectivity index (χ0) is 20.7. The Hall–Kier alpha value is -1.26. The van der Waals surface area contributed by atoms with Gasteiger partial charge in [0, 0.05) is 44.9 Å². The van der Waals surface area contributed by atoms with Crippen LogP contribution in [-0.2, 0) is 14.9 Å². The lowest BCUT2D eigenvalue weighted by atomic mass is 9.74. The van der Waals surface area contributed by atoms with Crippen LogP contribution in [0.1, 0.15) is 44.6 Å². The van der Waals surface area contributed by atoms with Crippen LogP contribution in [0, 0.1) is 5.92 Å². The predicted molar refractivity (Wildman–Crippen MR) is 132 cm³/mol.